The zero-order valence-corrected chi connectivity index (χ0v) is 15.2. The minimum atomic E-state index is -4.55. The van der Waals surface area contributed by atoms with Crippen LogP contribution in [0.15, 0.2) is 23.6 Å². The Morgan fingerprint density at radius 3 is 2.78 bits per heavy atom. The van der Waals surface area contributed by atoms with Crippen molar-refractivity contribution in [2.75, 3.05) is 6.61 Å². The lowest BCUT2D eigenvalue weighted by molar-refractivity contribution is -0.144. The van der Waals surface area contributed by atoms with Crippen LogP contribution in [0.5, 0.6) is 0 Å². The number of carbonyl (C=O) groups excluding carboxylic acids is 1. The second-order valence-corrected chi connectivity index (χ2v) is 7.30. The normalized spacial score (nSPS) is 14.7. The van der Waals surface area contributed by atoms with Crippen LogP contribution in [-0.2, 0) is 22.3 Å². The van der Waals surface area contributed by atoms with E-state index in [0.29, 0.717) is 10.6 Å². The Balaban J connectivity index is 1.95. The number of aromatic nitrogens is 3. The van der Waals surface area contributed by atoms with Gasteiger partial charge in [0.15, 0.2) is 5.65 Å². The third-order valence-corrected chi connectivity index (χ3v) is 5.25. The van der Waals surface area contributed by atoms with Gasteiger partial charge in [0.05, 0.1) is 33.8 Å². The fourth-order valence-electron chi connectivity index (χ4n) is 3.05. The van der Waals surface area contributed by atoms with E-state index in [9.17, 15) is 18.0 Å². The van der Waals surface area contributed by atoms with Crippen LogP contribution in [0.2, 0.25) is 0 Å². The van der Waals surface area contributed by atoms with Gasteiger partial charge in [-0.1, -0.05) is 6.07 Å². The van der Waals surface area contributed by atoms with E-state index < -0.39 is 17.7 Å². The molecule has 4 rings (SSSR count). The van der Waals surface area contributed by atoms with Crippen molar-refractivity contribution < 1.29 is 22.7 Å². The molecule has 0 amide bonds. The average Bonchev–Trinajstić information content (AvgIpc) is 3.17. The zero-order chi connectivity index (χ0) is 19.2. The standard InChI is InChI=1S/C18H16F3N3O2S/c1-2-26-14(25)9-24-17-15(16(23-24)10-5-6-10)11(18(19,20)21)8-12(22-17)13-4-3-7-27-13/h3-4,7-8,10H,2,5-6,9H2,1H3. The molecule has 9 heteroatoms. The molecule has 1 aliphatic rings. The Morgan fingerprint density at radius 2 is 2.19 bits per heavy atom. The van der Waals surface area contributed by atoms with E-state index in [1.165, 1.54) is 16.0 Å². The van der Waals surface area contributed by atoms with Crippen LogP contribution in [-0.4, -0.2) is 27.3 Å². The van der Waals surface area contributed by atoms with E-state index >= 15 is 0 Å². The molecule has 3 aromatic rings. The Morgan fingerprint density at radius 1 is 1.41 bits per heavy atom. The zero-order valence-electron chi connectivity index (χ0n) is 14.4. The summed E-state index contributed by atoms with van der Waals surface area (Å²) in [7, 11) is 0. The van der Waals surface area contributed by atoms with Gasteiger partial charge in [0.25, 0.3) is 0 Å². The smallest absolute Gasteiger partial charge is 0.417 e. The lowest BCUT2D eigenvalue weighted by Crippen LogP contribution is -2.15. The van der Waals surface area contributed by atoms with Crippen LogP contribution in [0, 0.1) is 0 Å². The van der Waals surface area contributed by atoms with Crippen molar-refractivity contribution in [3.05, 3.63) is 34.8 Å². The largest absolute Gasteiger partial charge is 0.465 e. The number of hydrogen-bond donors (Lipinski definition) is 0. The first-order chi connectivity index (χ1) is 12.9. The van der Waals surface area contributed by atoms with Crippen LogP contribution in [0.1, 0.15) is 36.9 Å². The number of carbonyl (C=O) groups is 1. The van der Waals surface area contributed by atoms with Crippen LogP contribution in [0.3, 0.4) is 0 Å². The Kier molecular flexibility index (Phi) is 4.41. The number of pyridine rings is 1. The number of thiophene rings is 1. The van der Waals surface area contributed by atoms with Crippen LogP contribution in [0.4, 0.5) is 13.2 Å². The highest BCUT2D eigenvalue weighted by Gasteiger charge is 2.39. The number of alkyl halides is 3. The molecule has 5 nitrogen and oxygen atoms in total. The number of hydrogen-bond acceptors (Lipinski definition) is 5. The molecule has 0 aliphatic heterocycles. The number of nitrogens with zero attached hydrogens (tertiary/aromatic N) is 3. The summed E-state index contributed by atoms with van der Waals surface area (Å²) in [5.74, 6) is -0.576. The molecule has 0 spiro atoms. The maximum atomic E-state index is 13.8. The summed E-state index contributed by atoms with van der Waals surface area (Å²) in [5, 5.41) is 6.10. The number of rotatable bonds is 5. The lowest BCUT2D eigenvalue weighted by atomic mass is 10.1. The van der Waals surface area contributed by atoms with Crippen LogP contribution >= 0.6 is 11.3 Å². The van der Waals surface area contributed by atoms with Crippen molar-refractivity contribution in [1.29, 1.82) is 0 Å². The highest BCUT2D eigenvalue weighted by atomic mass is 32.1. The molecule has 0 atom stereocenters. The number of ether oxygens (including phenoxy) is 1. The van der Waals surface area contributed by atoms with Crippen LogP contribution in [0.25, 0.3) is 21.6 Å². The van der Waals surface area contributed by atoms with Gasteiger partial charge in [-0.25, -0.2) is 9.67 Å². The first kappa shape index (κ1) is 18.0. The third-order valence-electron chi connectivity index (χ3n) is 4.36. The lowest BCUT2D eigenvalue weighted by Gasteiger charge is -2.11. The Hall–Kier alpha value is -2.42. The molecule has 0 aromatic carbocycles. The van der Waals surface area contributed by atoms with E-state index in [1.807, 2.05) is 0 Å². The van der Waals surface area contributed by atoms with E-state index in [1.54, 1.807) is 24.4 Å². The van der Waals surface area contributed by atoms with Gasteiger partial charge in [-0.15, -0.1) is 11.3 Å². The second kappa shape index (κ2) is 6.63. The molecule has 3 heterocycles. The van der Waals surface area contributed by atoms with Gasteiger partial charge in [0, 0.05) is 5.92 Å². The fraction of sp³-hybridized carbons (Fsp3) is 0.389. The molecule has 1 saturated carbocycles. The molecule has 0 radical (unpaired) electrons. The topological polar surface area (TPSA) is 57.0 Å². The summed E-state index contributed by atoms with van der Waals surface area (Å²) < 4.78 is 47.7. The summed E-state index contributed by atoms with van der Waals surface area (Å²) in [4.78, 5) is 17.0. The minimum Gasteiger partial charge on any atom is -0.465 e. The quantitative estimate of drug-likeness (QED) is 0.592. The molecular weight excluding hydrogens is 379 g/mol. The van der Waals surface area contributed by atoms with Crippen molar-refractivity contribution >= 4 is 28.3 Å². The third kappa shape index (κ3) is 3.43. The van der Waals surface area contributed by atoms with Gasteiger partial charge in [0.2, 0.25) is 0 Å². The molecule has 27 heavy (non-hydrogen) atoms. The summed E-state index contributed by atoms with van der Waals surface area (Å²) in [6, 6.07) is 4.55. The second-order valence-electron chi connectivity index (χ2n) is 6.35. The molecule has 3 aromatic heterocycles. The summed E-state index contributed by atoms with van der Waals surface area (Å²) >= 11 is 1.31. The van der Waals surface area contributed by atoms with Crippen molar-refractivity contribution in [1.82, 2.24) is 14.8 Å². The highest BCUT2D eigenvalue weighted by Crippen LogP contribution is 2.46. The highest BCUT2D eigenvalue weighted by molar-refractivity contribution is 7.13. The van der Waals surface area contributed by atoms with E-state index in [2.05, 4.69) is 10.1 Å². The molecule has 0 N–H and O–H groups in total. The van der Waals surface area contributed by atoms with E-state index in [4.69, 9.17) is 4.74 Å². The molecule has 142 valence electrons. The number of halogens is 3. The van der Waals surface area contributed by atoms with Crippen molar-refractivity contribution in [2.24, 2.45) is 0 Å². The monoisotopic (exact) mass is 395 g/mol. The van der Waals surface area contributed by atoms with Crippen molar-refractivity contribution in [3.8, 4) is 10.6 Å². The van der Waals surface area contributed by atoms with Gasteiger partial charge in [-0.05, 0) is 37.3 Å². The average molecular weight is 395 g/mol. The molecule has 0 saturated heterocycles. The first-order valence-electron chi connectivity index (χ1n) is 8.56. The Labute approximate surface area is 156 Å². The molecule has 1 fully saturated rings. The molecule has 1 aliphatic carbocycles. The van der Waals surface area contributed by atoms with Gasteiger partial charge >= 0.3 is 12.1 Å². The first-order valence-corrected chi connectivity index (χ1v) is 9.44. The molecule has 0 unspecified atom stereocenters. The van der Waals surface area contributed by atoms with Gasteiger partial charge < -0.3 is 4.74 Å². The molecule has 0 bridgehead atoms. The van der Waals surface area contributed by atoms with E-state index in [0.717, 1.165) is 18.9 Å². The summed E-state index contributed by atoms with van der Waals surface area (Å²) in [5.41, 5.74) is -0.0971. The number of fused-ring (bicyclic) bond motifs is 1. The SMILES string of the molecule is CCOC(=O)Cn1nc(C2CC2)c2c(C(F)(F)F)cc(-c3cccs3)nc21. The minimum absolute atomic E-state index is 0.00500. The fourth-order valence-corrected chi connectivity index (χ4v) is 3.74. The predicted octanol–water partition coefficient (Wildman–Crippen LogP) is 4.62. The maximum absolute atomic E-state index is 13.8. The van der Waals surface area contributed by atoms with Gasteiger partial charge in [0.1, 0.15) is 6.54 Å². The summed E-state index contributed by atoms with van der Waals surface area (Å²) in [6.07, 6.45) is -2.97. The maximum Gasteiger partial charge on any atom is 0.417 e. The van der Waals surface area contributed by atoms with Gasteiger partial charge in [-0.3, -0.25) is 4.79 Å². The summed E-state index contributed by atoms with van der Waals surface area (Å²) in [6.45, 7) is 1.59. The molecular formula is C18H16F3N3O2S. The number of esters is 1. The van der Waals surface area contributed by atoms with Crippen molar-refractivity contribution in [2.45, 2.75) is 38.4 Å². The van der Waals surface area contributed by atoms with Crippen molar-refractivity contribution in [3.63, 3.8) is 0 Å². The Bertz CT molecular complexity index is 992. The van der Waals surface area contributed by atoms with Gasteiger partial charge in [-0.2, -0.15) is 18.3 Å². The van der Waals surface area contributed by atoms with Crippen LogP contribution < -0.4 is 0 Å². The van der Waals surface area contributed by atoms with E-state index in [-0.39, 0.29) is 35.8 Å². The predicted molar refractivity (Wildman–Crippen MR) is 94.5 cm³/mol.